The molecule has 2 N–H and O–H groups in total. The van der Waals surface area contributed by atoms with E-state index in [0.717, 1.165) is 11.3 Å². The van der Waals surface area contributed by atoms with Gasteiger partial charge in [0.1, 0.15) is 11.6 Å². The molecule has 0 saturated carbocycles. The molecule has 2 rings (SSSR count). The fourth-order valence-electron chi connectivity index (χ4n) is 2.33. The first kappa shape index (κ1) is 17.8. The van der Waals surface area contributed by atoms with E-state index in [2.05, 4.69) is 10.6 Å². The van der Waals surface area contributed by atoms with E-state index in [1.807, 2.05) is 38.1 Å². The van der Waals surface area contributed by atoms with Crippen molar-refractivity contribution in [2.75, 3.05) is 13.7 Å². The fourth-order valence-corrected chi connectivity index (χ4v) is 2.33. The molecule has 0 atom stereocenters. The predicted molar refractivity (Wildman–Crippen MR) is 92.7 cm³/mol. The number of hydrogen-bond donors (Lipinski definition) is 2. The highest BCUT2D eigenvalue weighted by Gasteiger charge is 2.21. The smallest absolute Gasteiger partial charge is 0.315 e. The molecule has 0 saturated heterocycles. The van der Waals surface area contributed by atoms with Gasteiger partial charge >= 0.3 is 6.03 Å². The molecule has 2 amide bonds. The molecule has 0 bridgehead atoms. The van der Waals surface area contributed by atoms with Gasteiger partial charge in [0.2, 0.25) is 0 Å². The monoisotopic (exact) mass is 330 g/mol. The number of hydrogen-bond acceptors (Lipinski definition) is 2. The number of carbonyl (C=O) groups excluding carboxylic acids is 1. The first-order valence-corrected chi connectivity index (χ1v) is 7.82. The molecule has 0 radical (unpaired) electrons. The van der Waals surface area contributed by atoms with Crippen molar-refractivity contribution in [1.29, 1.82) is 0 Å². The van der Waals surface area contributed by atoms with Crippen LogP contribution < -0.4 is 15.4 Å². The van der Waals surface area contributed by atoms with E-state index in [9.17, 15) is 9.18 Å². The van der Waals surface area contributed by atoms with Crippen molar-refractivity contribution >= 4 is 6.03 Å². The fraction of sp³-hybridized carbons (Fsp3) is 0.316. The van der Waals surface area contributed by atoms with Gasteiger partial charge in [-0.15, -0.1) is 0 Å². The number of ether oxygens (including phenoxy) is 1. The zero-order valence-electron chi connectivity index (χ0n) is 14.2. The number of methoxy groups -OCH3 is 1. The third kappa shape index (κ3) is 4.72. The normalized spacial score (nSPS) is 11.0. The van der Waals surface area contributed by atoms with Crippen molar-refractivity contribution in [1.82, 2.24) is 10.6 Å². The van der Waals surface area contributed by atoms with E-state index in [1.54, 1.807) is 25.3 Å². The Morgan fingerprint density at radius 3 is 2.38 bits per heavy atom. The summed E-state index contributed by atoms with van der Waals surface area (Å²) in [6, 6.07) is 13.8. The summed E-state index contributed by atoms with van der Waals surface area (Å²) < 4.78 is 18.7. The highest BCUT2D eigenvalue weighted by atomic mass is 19.1. The Labute approximate surface area is 142 Å². The number of rotatable bonds is 6. The summed E-state index contributed by atoms with van der Waals surface area (Å²) in [5.74, 6) is 0.474. The van der Waals surface area contributed by atoms with Crippen LogP contribution in [0.2, 0.25) is 0 Å². The minimum atomic E-state index is -0.323. The largest absolute Gasteiger partial charge is 0.497 e. The molecule has 0 aliphatic carbocycles. The molecular formula is C19H23FN2O2. The second-order valence-electron chi connectivity index (χ2n) is 6.24. The van der Waals surface area contributed by atoms with Crippen LogP contribution in [0.5, 0.6) is 5.75 Å². The molecule has 2 aromatic carbocycles. The van der Waals surface area contributed by atoms with Crippen molar-refractivity contribution in [2.45, 2.75) is 25.8 Å². The van der Waals surface area contributed by atoms with Crippen molar-refractivity contribution in [3.05, 3.63) is 65.5 Å². The maximum absolute atomic E-state index is 13.5. The number of benzene rings is 2. The third-order valence-corrected chi connectivity index (χ3v) is 3.96. The molecule has 128 valence electrons. The van der Waals surface area contributed by atoms with Gasteiger partial charge < -0.3 is 15.4 Å². The standard InChI is InChI=1S/C19H23FN2O2/c1-19(2,15-8-10-16(24-3)11-9-15)13-22-18(23)21-12-14-6-4-5-7-17(14)20/h4-11H,12-13H2,1-3H3,(H2,21,22,23). The minimum Gasteiger partial charge on any atom is -0.497 e. The van der Waals surface area contributed by atoms with Gasteiger partial charge in [0.05, 0.1) is 7.11 Å². The molecule has 0 unspecified atom stereocenters. The van der Waals surface area contributed by atoms with Crippen molar-refractivity contribution in [3.8, 4) is 5.75 Å². The zero-order chi connectivity index (χ0) is 17.6. The maximum Gasteiger partial charge on any atom is 0.315 e. The lowest BCUT2D eigenvalue weighted by atomic mass is 9.84. The van der Waals surface area contributed by atoms with Crippen molar-refractivity contribution < 1.29 is 13.9 Å². The summed E-state index contributed by atoms with van der Waals surface area (Å²) in [6.45, 7) is 4.71. The molecule has 24 heavy (non-hydrogen) atoms. The third-order valence-electron chi connectivity index (χ3n) is 3.96. The Kier molecular flexibility index (Phi) is 5.79. The summed E-state index contributed by atoms with van der Waals surface area (Å²) in [7, 11) is 1.63. The lowest BCUT2D eigenvalue weighted by Crippen LogP contribution is -2.42. The zero-order valence-corrected chi connectivity index (χ0v) is 14.2. The second-order valence-corrected chi connectivity index (χ2v) is 6.24. The van der Waals surface area contributed by atoms with Crippen LogP contribution >= 0.6 is 0 Å². The Bertz CT molecular complexity index is 684. The van der Waals surface area contributed by atoms with Gasteiger partial charge in [0.15, 0.2) is 0 Å². The molecule has 0 fully saturated rings. The average Bonchev–Trinajstić information content (AvgIpc) is 2.59. The van der Waals surface area contributed by atoms with Crippen LogP contribution in [0.15, 0.2) is 48.5 Å². The Morgan fingerprint density at radius 1 is 1.08 bits per heavy atom. The van der Waals surface area contributed by atoms with E-state index in [0.29, 0.717) is 12.1 Å². The average molecular weight is 330 g/mol. The van der Waals surface area contributed by atoms with Crippen LogP contribution in [0.1, 0.15) is 25.0 Å². The van der Waals surface area contributed by atoms with E-state index in [1.165, 1.54) is 6.07 Å². The van der Waals surface area contributed by atoms with E-state index in [-0.39, 0.29) is 23.8 Å². The van der Waals surface area contributed by atoms with Crippen LogP contribution in [0.25, 0.3) is 0 Å². The van der Waals surface area contributed by atoms with Gasteiger partial charge in [0.25, 0.3) is 0 Å². The van der Waals surface area contributed by atoms with Gasteiger partial charge in [-0.2, -0.15) is 0 Å². The number of amides is 2. The number of carbonyl (C=O) groups is 1. The Balaban J connectivity index is 1.86. The van der Waals surface area contributed by atoms with Crippen LogP contribution in [0.4, 0.5) is 9.18 Å². The number of urea groups is 1. The number of nitrogens with one attached hydrogen (secondary N) is 2. The van der Waals surface area contributed by atoms with Crippen LogP contribution in [-0.4, -0.2) is 19.7 Å². The van der Waals surface area contributed by atoms with Crippen LogP contribution in [-0.2, 0) is 12.0 Å². The summed E-state index contributed by atoms with van der Waals surface area (Å²) in [5.41, 5.74) is 1.32. The molecule has 0 aliphatic heterocycles. The highest BCUT2D eigenvalue weighted by Crippen LogP contribution is 2.24. The highest BCUT2D eigenvalue weighted by molar-refractivity contribution is 5.74. The first-order valence-electron chi connectivity index (χ1n) is 7.82. The van der Waals surface area contributed by atoms with Gasteiger partial charge in [-0.3, -0.25) is 0 Å². The molecule has 0 spiro atoms. The van der Waals surface area contributed by atoms with Gasteiger partial charge in [0, 0.05) is 24.1 Å². The maximum atomic E-state index is 13.5. The van der Waals surface area contributed by atoms with Gasteiger partial charge in [-0.25, -0.2) is 9.18 Å². The quantitative estimate of drug-likeness (QED) is 0.850. The molecular weight excluding hydrogens is 307 g/mol. The van der Waals surface area contributed by atoms with E-state index in [4.69, 9.17) is 4.74 Å². The Morgan fingerprint density at radius 2 is 1.75 bits per heavy atom. The lowest BCUT2D eigenvalue weighted by molar-refractivity contribution is 0.238. The number of halogens is 1. The SMILES string of the molecule is COc1ccc(C(C)(C)CNC(=O)NCc2ccccc2F)cc1. The lowest BCUT2D eigenvalue weighted by Gasteiger charge is -2.26. The summed E-state index contributed by atoms with van der Waals surface area (Å²) >= 11 is 0. The molecule has 0 aliphatic rings. The molecule has 0 heterocycles. The van der Waals surface area contributed by atoms with Gasteiger partial charge in [-0.1, -0.05) is 44.2 Å². The van der Waals surface area contributed by atoms with E-state index >= 15 is 0 Å². The molecule has 2 aromatic rings. The van der Waals surface area contributed by atoms with Crippen molar-refractivity contribution in [2.24, 2.45) is 0 Å². The molecule has 0 aromatic heterocycles. The minimum absolute atomic E-state index is 0.154. The molecule has 5 heteroatoms. The van der Waals surface area contributed by atoms with Crippen LogP contribution in [0.3, 0.4) is 0 Å². The topological polar surface area (TPSA) is 50.4 Å². The van der Waals surface area contributed by atoms with Crippen LogP contribution in [0, 0.1) is 5.82 Å². The summed E-state index contributed by atoms with van der Waals surface area (Å²) in [6.07, 6.45) is 0. The molecule has 4 nitrogen and oxygen atoms in total. The van der Waals surface area contributed by atoms with E-state index < -0.39 is 0 Å². The summed E-state index contributed by atoms with van der Waals surface area (Å²) in [4.78, 5) is 11.9. The Hall–Kier alpha value is -2.56. The predicted octanol–water partition coefficient (Wildman–Crippen LogP) is 3.61. The summed E-state index contributed by atoms with van der Waals surface area (Å²) in [5, 5.41) is 5.51. The van der Waals surface area contributed by atoms with Crippen molar-refractivity contribution in [3.63, 3.8) is 0 Å². The first-order chi connectivity index (χ1) is 11.4. The second kappa shape index (κ2) is 7.81. The van der Waals surface area contributed by atoms with Gasteiger partial charge in [-0.05, 0) is 23.8 Å².